The third-order valence-electron chi connectivity index (χ3n) is 4.75. The molecule has 0 aliphatic rings. The van der Waals surface area contributed by atoms with E-state index in [1.807, 2.05) is 32.0 Å². The first-order valence-electron chi connectivity index (χ1n) is 9.65. The lowest BCUT2D eigenvalue weighted by atomic mass is 10.1. The molecular weight excluding hydrogens is 449 g/mol. The van der Waals surface area contributed by atoms with Gasteiger partial charge in [0.25, 0.3) is 5.91 Å². The highest BCUT2D eigenvalue weighted by Crippen LogP contribution is 2.31. The topological polar surface area (TPSA) is 76.3 Å². The molecule has 0 saturated carbocycles. The average molecular weight is 470 g/mol. The molecule has 0 unspecified atom stereocenters. The Kier molecular flexibility index (Phi) is 7.47. The van der Waals surface area contributed by atoms with Crippen LogP contribution >= 0.6 is 23.2 Å². The van der Waals surface area contributed by atoms with E-state index in [-0.39, 0.29) is 12.2 Å². The Morgan fingerprint density at radius 2 is 1.81 bits per heavy atom. The molecule has 164 valence electrons. The molecule has 0 spiro atoms. The molecule has 0 atom stereocenters. The first kappa shape index (κ1) is 23.3. The summed E-state index contributed by atoms with van der Waals surface area (Å²) in [5, 5.41) is 10.6. The molecule has 1 heterocycles. The number of amides is 1. The number of benzene rings is 2. The van der Waals surface area contributed by atoms with Crippen LogP contribution in [0.2, 0.25) is 10.0 Å². The second-order valence-electron chi connectivity index (χ2n) is 7.00. The Labute approximate surface area is 196 Å². The maximum Gasteiger partial charge on any atom is 0.280 e. The fourth-order valence-corrected chi connectivity index (χ4v) is 3.47. The molecule has 0 fully saturated rings. The van der Waals surface area contributed by atoms with E-state index in [0.717, 1.165) is 17.0 Å². The van der Waals surface area contributed by atoms with Gasteiger partial charge in [-0.1, -0.05) is 35.3 Å². The van der Waals surface area contributed by atoms with Crippen molar-refractivity contribution >= 4 is 35.2 Å². The second kappa shape index (κ2) is 10.3. The van der Waals surface area contributed by atoms with E-state index >= 15 is 0 Å². The lowest BCUT2D eigenvalue weighted by molar-refractivity contribution is -0.113. The molecule has 0 bridgehead atoms. The first-order valence-corrected chi connectivity index (χ1v) is 10.4. The van der Waals surface area contributed by atoms with Gasteiger partial charge in [0.05, 0.1) is 7.11 Å². The molecule has 0 saturated heterocycles. The lowest BCUT2D eigenvalue weighted by Crippen LogP contribution is -2.25. The van der Waals surface area contributed by atoms with Gasteiger partial charge in [-0.2, -0.15) is 5.26 Å². The van der Waals surface area contributed by atoms with Crippen LogP contribution in [0.1, 0.15) is 22.5 Å². The van der Waals surface area contributed by atoms with Crippen molar-refractivity contribution in [2.75, 3.05) is 12.5 Å². The van der Waals surface area contributed by atoms with E-state index in [9.17, 15) is 10.1 Å². The van der Waals surface area contributed by atoms with Gasteiger partial charge in [0.2, 0.25) is 0 Å². The molecule has 1 N–H and O–H groups in total. The van der Waals surface area contributed by atoms with Crippen LogP contribution in [0.25, 0.3) is 6.08 Å². The van der Waals surface area contributed by atoms with Gasteiger partial charge in [0.1, 0.15) is 18.2 Å². The van der Waals surface area contributed by atoms with E-state index in [1.165, 1.54) is 13.2 Å². The molecule has 6 nitrogen and oxygen atoms in total. The van der Waals surface area contributed by atoms with Gasteiger partial charge < -0.3 is 9.47 Å². The summed E-state index contributed by atoms with van der Waals surface area (Å²) < 4.78 is 12.9. The molecule has 32 heavy (non-hydrogen) atoms. The predicted molar refractivity (Wildman–Crippen MR) is 126 cm³/mol. The smallest absolute Gasteiger partial charge is 0.280 e. The first-order chi connectivity index (χ1) is 15.3. The van der Waals surface area contributed by atoms with Gasteiger partial charge in [0, 0.05) is 27.0 Å². The van der Waals surface area contributed by atoms with Crippen molar-refractivity contribution < 1.29 is 14.3 Å². The van der Waals surface area contributed by atoms with Crippen LogP contribution in [0.15, 0.2) is 54.1 Å². The Morgan fingerprint density at radius 3 is 2.44 bits per heavy atom. The number of nitrogens with one attached hydrogen (secondary N) is 1. The Hall–Kier alpha value is -3.40. The number of methoxy groups -OCH3 is 1. The maximum absolute atomic E-state index is 12.6. The van der Waals surface area contributed by atoms with Crippen LogP contribution in [0, 0.1) is 25.2 Å². The number of aromatic nitrogens is 1. The summed E-state index contributed by atoms with van der Waals surface area (Å²) >= 11 is 12.1. The second-order valence-corrected chi connectivity index (χ2v) is 7.84. The van der Waals surface area contributed by atoms with Gasteiger partial charge >= 0.3 is 0 Å². The highest BCUT2D eigenvalue weighted by molar-refractivity contribution is 6.35. The van der Waals surface area contributed by atoms with Gasteiger partial charge in [-0.3, -0.25) is 14.9 Å². The van der Waals surface area contributed by atoms with Gasteiger partial charge in [-0.25, -0.2) is 0 Å². The fraction of sp³-hybridized carbons (Fsp3) is 0.167. The highest BCUT2D eigenvalue weighted by atomic mass is 35.5. The van der Waals surface area contributed by atoms with Crippen molar-refractivity contribution in [3.63, 3.8) is 0 Å². The summed E-state index contributed by atoms with van der Waals surface area (Å²) in [6, 6.07) is 16.0. The number of aryl methyl sites for hydroxylation is 2. The minimum atomic E-state index is -0.508. The number of hydrogen-bond acceptors (Lipinski definition) is 4. The maximum atomic E-state index is 12.6. The summed E-state index contributed by atoms with van der Waals surface area (Å²) in [7, 11) is 1.51. The SMILES string of the molecule is COc1cc(/C=C(/C#N)C(=O)Nn2c(C)ccc2C)ccc1OCc1ccc(Cl)cc1Cl. The number of hydrogen-bond donors (Lipinski definition) is 1. The largest absolute Gasteiger partial charge is 0.493 e. The highest BCUT2D eigenvalue weighted by Gasteiger charge is 2.13. The fourth-order valence-electron chi connectivity index (χ4n) is 3.01. The summed E-state index contributed by atoms with van der Waals surface area (Å²) in [4.78, 5) is 12.6. The Bertz CT molecular complexity index is 1210. The number of halogens is 2. The molecule has 8 heteroatoms. The van der Waals surface area contributed by atoms with Crippen molar-refractivity contribution in [3.8, 4) is 17.6 Å². The number of carbonyl (C=O) groups is 1. The van der Waals surface area contributed by atoms with E-state index in [0.29, 0.717) is 27.1 Å². The standard InChI is InChI=1S/C24H21Cl2N3O3/c1-15-4-5-16(2)29(15)28-24(30)19(13-27)10-17-6-9-22(23(11-17)31-3)32-14-18-7-8-20(25)12-21(18)26/h4-12H,14H2,1-3H3,(H,28,30)/b19-10-. The molecule has 3 aromatic rings. The number of nitriles is 1. The van der Waals surface area contributed by atoms with E-state index in [2.05, 4.69) is 5.43 Å². The zero-order valence-electron chi connectivity index (χ0n) is 17.8. The van der Waals surface area contributed by atoms with Crippen LogP contribution in [-0.2, 0) is 11.4 Å². The molecule has 0 aliphatic heterocycles. The number of ether oxygens (including phenoxy) is 2. The summed E-state index contributed by atoms with van der Waals surface area (Å²) in [6.07, 6.45) is 1.49. The number of carbonyl (C=O) groups excluding carboxylic acids is 1. The van der Waals surface area contributed by atoms with Crippen molar-refractivity contribution in [2.45, 2.75) is 20.5 Å². The van der Waals surface area contributed by atoms with E-state index in [1.54, 1.807) is 41.1 Å². The van der Waals surface area contributed by atoms with Crippen molar-refractivity contribution in [2.24, 2.45) is 0 Å². The quantitative estimate of drug-likeness (QED) is 0.356. The minimum absolute atomic E-state index is 0.0406. The van der Waals surface area contributed by atoms with Crippen molar-refractivity contribution in [1.82, 2.24) is 4.68 Å². The van der Waals surface area contributed by atoms with Crippen LogP contribution in [-0.4, -0.2) is 17.7 Å². The average Bonchev–Trinajstić information content (AvgIpc) is 3.09. The molecule has 1 amide bonds. The van der Waals surface area contributed by atoms with E-state index < -0.39 is 5.91 Å². The number of rotatable bonds is 7. The monoisotopic (exact) mass is 469 g/mol. The molecule has 3 rings (SSSR count). The zero-order chi connectivity index (χ0) is 23.3. The van der Waals surface area contributed by atoms with Crippen molar-refractivity contribution in [3.05, 3.63) is 86.7 Å². The van der Waals surface area contributed by atoms with Crippen LogP contribution in [0.5, 0.6) is 11.5 Å². The minimum Gasteiger partial charge on any atom is -0.493 e. The number of nitrogens with zero attached hydrogens (tertiary/aromatic N) is 2. The Morgan fingerprint density at radius 1 is 1.09 bits per heavy atom. The van der Waals surface area contributed by atoms with Crippen LogP contribution in [0.3, 0.4) is 0 Å². The van der Waals surface area contributed by atoms with Gasteiger partial charge in [-0.15, -0.1) is 0 Å². The summed E-state index contributed by atoms with van der Waals surface area (Å²) in [5.74, 6) is 0.447. The third-order valence-corrected chi connectivity index (χ3v) is 5.33. The summed E-state index contributed by atoms with van der Waals surface area (Å²) in [6.45, 7) is 3.96. The van der Waals surface area contributed by atoms with Crippen LogP contribution in [0.4, 0.5) is 0 Å². The molecule has 0 radical (unpaired) electrons. The zero-order valence-corrected chi connectivity index (χ0v) is 19.3. The summed E-state index contributed by atoms with van der Waals surface area (Å²) in [5.41, 5.74) is 5.80. The van der Waals surface area contributed by atoms with Gasteiger partial charge in [0.15, 0.2) is 11.5 Å². The Balaban J connectivity index is 1.78. The molecule has 0 aliphatic carbocycles. The van der Waals surface area contributed by atoms with Gasteiger partial charge in [-0.05, 0) is 61.9 Å². The predicted octanol–water partition coefficient (Wildman–Crippen LogP) is 5.68. The normalized spacial score (nSPS) is 11.1. The van der Waals surface area contributed by atoms with E-state index in [4.69, 9.17) is 32.7 Å². The van der Waals surface area contributed by atoms with Crippen molar-refractivity contribution in [1.29, 1.82) is 5.26 Å². The molecule has 2 aromatic carbocycles. The third kappa shape index (κ3) is 5.44. The lowest BCUT2D eigenvalue weighted by Gasteiger charge is -2.13. The molecule has 1 aromatic heterocycles. The molecular formula is C24H21Cl2N3O3. The van der Waals surface area contributed by atoms with Crippen LogP contribution < -0.4 is 14.9 Å².